The van der Waals surface area contributed by atoms with Gasteiger partial charge in [0.15, 0.2) is 0 Å². The van der Waals surface area contributed by atoms with Gasteiger partial charge >= 0.3 is 12.0 Å². The average Bonchev–Trinajstić information content (AvgIpc) is 2.24. The van der Waals surface area contributed by atoms with E-state index in [-0.39, 0.29) is 37.1 Å². The van der Waals surface area contributed by atoms with E-state index in [1.165, 1.54) is 0 Å². The minimum Gasteiger partial charge on any atom is -0.481 e. The summed E-state index contributed by atoms with van der Waals surface area (Å²) in [7, 11) is 0. The van der Waals surface area contributed by atoms with Crippen molar-refractivity contribution in [2.24, 2.45) is 5.92 Å². The molecule has 1 saturated carbocycles. The summed E-state index contributed by atoms with van der Waals surface area (Å²) in [5.41, 5.74) is 0. The Hall–Kier alpha value is -1.30. The Morgan fingerprint density at radius 2 is 2.00 bits per heavy atom. The molecule has 110 valence electrons. The zero-order valence-corrected chi connectivity index (χ0v) is 11.6. The molecule has 19 heavy (non-hydrogen) atoms. The fraction of sp³-hybridized carbons (Fsp3) is 0.846. The average molecular weight is 272 g/mol. The summed E-state index contributed by atoms with van der Waals surface area (Å²) in [6.07, 6.45) is 2.93. The molecule has 0 saturated heterocycles. The summed E-state index contributed by atoms with van der Waals surface area (Å²) in [6, 6.07) is -0.463. The number of aliphatic carboxylic acids is 1. The number of aliphatic hydroxyl groups excluding tert-OH is 1. The monoisotopic (exact) mass is 272 g/mol. The molecule has 2 amide bonds. The smallest absolute Gasteiger partial charge is 0.317 e. The van der Waals surface area contributed by atoms with Gasteiger partial charge in [-0.3, -0.25) is 4.79 Å². The van der Waals surface area contributed by atoms with Gasteiger partial charge in [-0.05, 0) is 25.2 Å². The van der Waals surface area contributed by atoms with E-state index in [2.05, 4.69) is 5.32 Å². The van der Waals surface area contributed by atoms with Crippen molar-refractivity contribution >= 4 is 12.0 Å². The zero-order valence-electron chi connectivity index (χ0n) is 11.6. The summed E-state index contributed by atoms with van der Waals surface area (Å²) in [4.78, 5) is 24.6. The molecule has 0 aromatic heterocycles. The first-order valence-electron chi connectivity index (χ1n) is 6.85. The molecule has 0 aliphatic heterocycles. The Balaban J connectivity index is 2.59. The summed E-state index contributed by atoms with van der Waals surface area (Å²) in [5, 5.41) is 20.7. The standard InChI is InChI=1S/C13H24N2O4/c1-9(2)11(8-12(17)18)14-13(19)15(6-7-16)10-4-3-5-10/h9-11,16H,3-8H2,1-2H3,(H,14,19)(H,17,18). The lowest BCUT2D eigenvalue weighted by molar-refractivity contribution is -0.137. The predicted octanol–water partition coefficient (Wildman–Crippen LogP) is 1.04. The van der Waals surface area contributed by atoms with E-state index in [1.54, 1.807) is 4.90 Å². The first kappa shape index (κ1) is 15.8. The molecule has 0 spiro atoms. The second-order valence-corrected chi connectivity index (χ2v) is 5.40. The number of nitrogens with one attached hydrogen (secondary N) is 1. The molecule has 0 aromatic rings. The van der Waals surface area contributed by atoms with Crippen molar-refractivity contribution < 1.29 is 19.8 Å². The highest BCUT2D eigenvalue weighted by atomic mass is 16.4. The van der Waals surface area contributed by atoms with E-state index in [1.807, 2.05) is 13.8 Å². The molecule has 0 bridgehead atoms. The van der Waals surface area contributed by atoms with Crippen LogP contribution < -0.4 is 5.32 Å². The topological polar surface area (TPSA) is 89.9 Å². The van der Waals surface area contributed by atoms with Crippen LogP contribution in [0.5, 0.6) is 0 Å². The van der Waals surface area contributed by atoms with Crippen LogP contribution >= 0.6 is 0 Å². The number of carbonyl (C=O) groups excluding carboxylic acids is 1. The number of amides is 2. The fourth-order valence-electron chi connectivity index (χ4n) is 2.14. The van der Waals surface area contributed by atoms with Crippen molar-refractivity contribution in [3.8, 4) is 0 Å². The van der Waals surface area contributed by atoms with Crippen LogP contribution in [0.3, 0.4) is 0 Å². The zero-order chi connectivity index (χ0) is 14.4. The molecule has 0 radical (unpaired) electrons. The third kappa shape index (κ3) is 4.70. The highest BCUT2D eigenvalue weighted by Gasteiger charge is 2.30. The number of carboxylic acid groups (broad SMARTS) is 1. The van der Waals surface area contributed by atoms with E-state index in [4.69, 9.17) is 10.2 Å². The fourth-order valence-corrected chi connectivity index (χ4v) is 2.14. The Morgan fingerprint density at radius 1 is 1.37 bits per heavy atom. The Labute approximate surface area is 113 Å². The summed E-state index contributed by atoms with van der Waals surface area (Å²) in [6.45, 7) is 3.99. The van der Waals surface area contributed by atoms with Crippen LogP contribution in [0.4, 0.5) is 4.79 Å². The molecule has 1 aliphatic rings. The van der Waals surface area contributed by atoms with Gasteiger partial charge in [0.2, 0.25) is 0 Å². The number of hydrogen-bond acceptors (Lipinski definition) is 3. The van der Waals surface area contributed by atoms with Gasteiger partial charge in [0.05, 0.1) is 13.0 Å². The molecule has 6 nitrogen and oxygen atoms in total. The molecular formula is C13H24N2O4. The van der Waals surface area contributed by atoms with Crippen LogP contribution in [0.2, 0.25) is 0 Å². The summed E-state index contributed by atoms with van der Waals surface area (Å²) >= 11 is 0. The van der Waals surface area contributed by atoms with Gasteiger partial charge in [-0.25, -0.2) is 4.79 Å². The van der Waals surface area contributed by atoms with Crippen LogP contribution in [0, 0.1) is 5.92 Å². The van der Waals surface area contributed by atoms with Crippen molar-refractivity contribution in [1.82, 2.24) is 10.2 Å². The Kier molecular flexibility index (Phi) is 6.08. The third-order valence-corrected chi connectivity index (χ3v) is 3.63. The van der Waals surface area contributed by atoms with E-state index in [0.29, 0.717) is 6.54 Å². The maximum Gasteiger partial charge on any atom is 0.317 e. The molecule has 1 rings (SSSR count). The van der Waals surface area contributed by atoms with E-state index in [9.17, 15) is 9.59 Å². The molecule has 0 aromatic carbocycles. The molecule has 1 unspecified atom stereocenters. The summed E-state index contributed by atoms with van der Waals surface area (Å²) in [5.74, 6) is -0.867. The number of aliphatic hydroxyl groups is 1. The highest BCUT2D eigenvalue weighted by Crippen LogP contribution is 2.24. The van der Waals surface area contributed by atoms with Gasteiger partial charge in [0.1, 0.15) is 0 Å². The SMILES string of the molecule is CC(C)C(CC(=O)O)NC(=O)N(CCO)C1CCC1. The normalized spacial score (nSPS) is 16.8. The quantitative estimate of drug-likeness (QED) is 0.646. The first-order chi connectivity index (χ1) is 8.95. The molecule has 1 atom stereocenters. The van der Waals surface area contributed by atoms with E-state index < -0.39 is 5.97 Å². The Bertz CT molecular complexity index is 316. The molecule has 1 aliphatic carbocycles. The van der Waals surface area contributed by atoms with Crippen molar-refractivity contribution in [2.75, 3.05) is 13.2 Å². The number of hydrogen-bond donors (Lipinski definition) is 3. The number of carbonyl (C=O) groups is 2. The first-order valence-corrected chi connectivity index (χ1v) is 6.85. The van der Waals surface area contributed by atoms with Crippen LogP contribution in [-0.4, -0.2) is 52.3 Å². The largest absolute Gasteiger partial charge is 0.481 e. The minimum atomic E-state index is -0.920. The van der Waals surface area contributed by atoms with Crippen LogP contribution in [0.1, 0.15) is 39.5 Å². The number of rotatable bonds is 7. The highest BCUT2D eigenvalue weighted by molar-refractivity contribution is 5.76. The third-order valence-electron chi connectivity index (χ3n) is 3.63. The lowest BCUT2D eigenvalue weighted by Crippen LogP contribution is -2.53. The second kappa shape index (κ2) is 7.33. The van der Waals surface area contributed by atoms with Crippen LogP contribution in [-0.2, 0) is 4.79 Å². The van der Waals surface area contributed by atoms with Crippen molar-refractivity contribution in [1.29, 1.82) is 0 Å². The number of nitrogens with zero attached hydrogens (tertiary/aromatic N) is 1. The lowest BCUT2D eigenvalue weighted by atomic mass is 9.91. The van der Waals surface area contributed by atoms with Crippen molar-refractivity contribution in [2.45, 2.75) is 51.6 Å². The van der Waals surface area contributed by atoms with Crippen molar-refractivity contribution in [3.05, 3.63) is 0 Å². The van der Waals surface area contributed by atoms with E-state index in [0.717, 1.165) is 19.3 Å². The van der Waals surface area contributed by atoms with Crippen molar-refractivity contribution in [3.63, 3.8) is 0 Å². The molecule has 0 heterocycles. The lowest BCUT2D eigenvalue weighted by Gasteiger charge is -2.38. The Morgan fingerprint density at radius 3 is 2.37 bits per heavy atom. The van der Waals surface area contributed by atoms with E-state index >= 15 is 0 Å². The molecular weight excluding hydrogens is 248 g/mol. The van der Waals surface area contributed by atoms with Gasteiger partial charge in [0, 0.05) is 18.6 Å². The van der Waals surface area contributed by atoms with Crippen LogP contribution in [0.15, 0.2) is 0 Å². The molecule has 1 fully saturated rings. The molecule has 3 N–H and O–H groups in total. The summed E-state index contributed by atoms with van der Waals surface area (Å²) < 4.78 is 0. The minimum absolute atomic E-state index is 0.0532. The van der Waals surface area contributed by atoms with Gasteiger partial charge in [-0.2, -0.15) is 0 Å². The number of urea groups is 1. The maximum absolute atomic E-state index is 12.2. The predicted molar refractivity (Wildman–Crippen MR) is 70.8 cm³/mol. The molecule has 6 heteroatoms. The second-order valence-electron chi connectivity index (χ2n) is 5.40. The van der Waals surface area contributed by atoms with Gasteiger partial charge < -0.3 is 20.4 Å². The number of carboxylic acids is 1. The maximum atomic E-state index is 12.2. The van der Waals surface area contributed by atoms with Gasteiger partial charge in [0.25, 0.3) is 0 Å². The van der Waals surface area contributed by atoms with Gasteiger partial charge in [-0.15, -0.1) is 0 Å². The van der Waals surface area contributed by atoms with Gasteiger partial charge in [-0.1, -0.05) is 13.8 Å². The van der Waals surface area contributed by atoms with Crippen LogP contribution in [0.25, 0.3) is 0 Å².